The fourth-order valence-electron chi connectivity index (χ4n) is 9.10. The predicted molar refractivity (Wildman–Crippen MR) is 281 cm³/mol. The first-order chi connectivity index (χ1) is 35.4. The van der Waals surface area contributed by atoms with E-state index in [1.165, 1.54) is 96.8 Å². The second-order valence-electron chi connectivity index (χ2n) is 19.6. The number of rotatable bonds is 28. The molecule has 0 heterocycles. The number of ketones is 2. The van der Waals surface area contributed by atoms with Gasteiger partial charge in [-0.15, -0.1) is 0 Å². The number of aryl methyl sites for hydroxylation is 2. The van der Waals surface area contributed by atoms with Crippen LogP contribution >= 0.6 is 0 Å². The Hall–Kier alpha value is -6.76. The average molecular weight is 1020 g/mol. The second-order valence-corrected chi connectivity index (χ2v) is 19.6. The molecule has 396 valence electrons. The number of hydrogen-bond acceptors (Lipinski definition) is 11. The van der Waals surface area contributed by atoms with Crippen LogP contribution in [0.5, 0.6) is 5.75 Å². The Labute approximate surface area is 435 Å². The number of ether oxygens (including phenoxy) is 5. The number of Topliss-reactive ketones (excluding diaryl/α,β-unsaturated/α-hetero) is 2. The molecule has 0 saturated heterocycles. The van der Waals surface area contributed by atoms with Crippen molar-refractivity contribution >= 4 is 35.4 Å². The molecular weight excluding hydrogens is 947 g/mol. The molecule has 0 amide bonds. The van der Waals surface area contributed by atoms with Crippen LogP contribution in [0.4, 0.5) is 8.78 Å². The van der Waals surface area contributed by atoms with E-state index in [9.17, 15) is 28.8 Å². The summed E-state index contributed by atoms with van der Waals surface area (Å²) < 4.78 is 60.3. The molecule has 0 spiro atoms. The SMILES string of the molecule is C=C(C)C(=O)OCCCc1cc(-c2ccc(-c3c(F)cc(-c4ccc(C5CCC(CCCCC)CC5)cc4)cc3F)cc2CC)ccc1OCC(COC(=O)C(=C)C)(COC(=O)C(=O)CC)COC(=O)C(=O)CC. The average Bonchev–Trinajstić information content (AvgIpc) is 3.40. The Morgan fingerprint density at radius 3 is 1.68 bits per heavy atom. The van der Waals surface area contributed by atoms with Gasteiger partial charge in [-0.3, -0.25) is 9.59 Å². The largest absolute Gasteiger partial charge is 0.492 e. The number of unbranched alkanes of at least 4 members (excludes halogenated alkanes) is 2. The van der Waals surface area contributed by atoms with Gasteiger partial charge in [0.2, 0.25) is 11.6 Å². The van der Waals surface area contributed by atoms with Gasteiger partial charge < -0.3 is 23.7 Å². The van der Waals surface area contributed by atoms with E-state index in [1.807, 2.05) is 31.2 Å². The summed E-state index contributed by atoms with van der Waals surface area (Å²) >= 11 is 0. The summed E-state index contributed by atoms with van der Waals surface area (Å²) in [7, 11) is 0. The van der Waals surface area contributed by atoms with Gasteiger partial charge >= 0.3 is 23.9 Å². The lowest BCUT2D eigenvalue weighted by atomic mass is 9.77. The molecule has 13 heteroatoms. The van der Waals surface area contributed by atoms with E-state index in [0.29, 0.717) is 47.6 Å². The van der Waals surface area contributed by atoms with Gasteiger partial charge in [-0.25, -0.2) is 28.0 Å². The van der Waals surface area contributed by atoms with Crippen LogP contribution in [-0.2, 0) is 60.6 Å². The third-order valence-electron chi connectivity index (χ3n) is 13.6. The molecule has 5 rings (SSSR count). The molecule has 0 bridgehead atoms. The van der Waals surface area contributed by atoms with Gasteiger partial charge in [0.15, 0.2) is 0 Å². The molecule has 11 nitrogen and oxygen atoms in total. The molecule has 1 saturated carbocycles. The van der Waals surface area contributed by atoms with Crippen LogP contribution in [0.2, 0.25) is 0 Å². The fourth-order valence-corrected chi connectivity index (χ4v) is 9.10. The zero-order valence-electron chi connectivity index (χ0n) is 44.0. The summed E-state index contributed by atoms with van der Waals surface area (Å²) in [5.74, 6) is -5.11. The molecule has 4 aromatic rings. The Bertz CT molecular complexity index is 2600. The van der Waals surface area contributed by atoms with Crippen molar-refractivity contribution in [3.63, 3.8) is 0 Å². The molecule has 0 atom stereocenters. The van der Waals surface area contributed by atoms with Crippen molar-refractivity contribution in [1.82, 2.24) is 0 Å². The minimum Gasteiger partial charge on any atom is -0.492 e. The smallest absolute Gasteiger partial charge is 0.374 e. The minimum absolute atomic E-state index is 0.0369. The van der Waals surface area contributed by atoms with Crippen LogP contribution in [0.15, 0.2) is 97.1 Å². The normalized spacial score (nSPS) is 14.4. The molecule has 0 N–H and O–H groups in total. The highest BCUT2D eigenvalue weighted by molar-refractivity contribution is 6.33. The van der Waals surface area contributed by atoms with Crippen LogP contribution in [0.25, 0.3) is 33.4 Å². The molecule has 0 unspecified atom stereocenters. The molecule has 0 aromatic heterocycles. The van der Waals surface area contributed by atoms with Crippen molar-refractivity contribution in [3.8, 4) is 39.1 Å². The van der Waals surface area contributed by atoms with E-state index in [-0.39, 0.29) is 36.2 Å². The van der Waals surface area contributed by atoms with Crippen LogP contribution in [0.1, 0.15) is 135 Å². The molecule has 1 aliphatic rings. The van der Waals surface area contributed by atoms with E-state index in [1.54, 1.807) is 24.3 Å². The summed E-state index contributed by atoms with van der Waals surface area (Å²) in [5.41, 5.74) is 4.28. The Balaban J connectivity index is 1.44. The highest BCUT2D eigenvalue weighted by Crippen LogP contribution is 2.40. The van der Waals surface area contributed by atoms with Crippen LogP contribution in [-0.4, -0.2) is 68.5 Å². The first-order valence-electron chi connectivity index (χ1n) is 26.0. The quantitative estimate of drug-likeness (QED) is 0.0176. The van der Waals surface area contributed by atoms with Crippen molar-refractivity contribution < 1.29 is 61.2 Å². The van der Waals surface area contributed by atoms with Crippen LogP contribution in [0, 0.1) is 23.0 Å². The molecule has 0 aliphatic heterocycles. The van der Waals surface area contributed by atoms with Crippen LogP contribution in [0.3, 0.4) is 0 Å². The molecule has 74 heavy (non-hydrogen) atoms. The van der Waals surface area contributed by atoms with Gasteiger partial charge in [0.05, 0.1) is 12.2 Å². The van der Waals surface area contributed by atoms with Crippen molar-refractivity contribution in [3.05, 3.63) is 125 Å². The van der Waals surface area contributed by atoms with Gasteiger partial charge in [0.25, 0.3) is 0 Å². The maximum absolute atomic E-state index is 16.2. The second kappa shape index (κ2) is 28.1. The van der Waals surface area contributed by atoms with Crippen molar-refractivity contribution in [2.75, 3.05) is 33.0 Å². The first kappa shape index (κ1) is 58.1. The Morgan fingerprint density at radius 1 is 0.581 bits per heavy atom. The Kier molecular flexibility index (Phi) is 22.0. The van der Waals surface area contributed by atoms with E-state index >= 15 is 8.78 Å². The lowest BCUT2D eigenvalue weighted by Crippen LogP contribution is -2.45. The summed E-state index contributed by atoms with van der Waals surface area (Å²) in [5, 5.41) is 0. The lowest BCUT2D eigenvalue weighted by Gasteiger charge is -2.32. The number of hydrogen-bond donors (Lipinski definition) is 0. The highest BCUT2D eigenvalue weighted by atomic mass is 19.1. The third-order valence-corrected chi connectivity index (χ3v) is 13.6. The molecule has 1 aliphatic carbocycles. The van der Waals surface area contributed by atoms with E-state index < -0.39 is 78.9 Å². The van der Waals surface area contributed by atoms with Crippen molar-refractivity contribution in [1.29, 1.82) is 0 Å². The third kappa shape index (κ3) is 16.1. The standard InChI is InChI=1S/C61H72F2O11/c1-9-13-14-16-41-18-20-43(21-19-41)44-22-24-45(25-23-44)49-33-51(62)56(52(63)34-49)48-26-28-50(42(10-2)31-48)46-27-29-55(47(32-46)17-15-30-70-57(66)39(5)6)71-35-61(36-72-58(67)40(7)8,37-73-59(68)53(64)11-3)38-74-60(69)54(65)12-4/h22-29,31-34,41,43H,5,7,9-21,30,35-38H2,1-4,6,8H3. The highest BCUT2D eigenvalue weighted by Gasteiger charge is 2.39. The molecular formula is C61H72F2O11. The maximum Gasteiger partial charge on any atom is 0.374 e. The van der Waals surface area contributed by atoms with Crippen molar-refractivity contribution in [2.24, 2.45) is 11.3 Å². The number of esters is 4. The first-order valence-corrected chi connectivity index (χ1v) is 26.0. The van der Waals surface area contributed by atoms with Gasteiger partial charge in [-0.2, -0.15) is 0 Å². The fraction of sp³-hybridized carbons (Fsp3) is 0.443. The number of benzene rings is 4. The predicted octanol–water partition coefficient (Wildman–Crippen LogP) is 13.0. The zero-order chi connectivity index (χ0) is 54.0. The number of carbonyl (C=O) groups is 6. The lowest BCUT2D eigenvalue weighted by molar-refractivity contribution is -0.168. The summed E-state index contributed by atoms with van der Waals surface area (Å²) in [6.07, 6.45) is 10.8. The minimum atomic E-state index is -1.64. The van der Waals surface area contributed by atoms with Gasteiger partial charge in [0, 0.05) is 24.0 Å². The Morgan fingerprint density at radius 2 is 1.12 bits per heavy atom. The monoisotopic (exact) mass is 1020 g/mol. The number of carbonyl (C=O) groups excluding carboxylic acids is 6. The topological polar surface area (TPSA) is 149 Å². The van der Waals surface area contributed by atoms with E-state index in [4.69, 9.17) is 23.7 Å². The molecule has 4 aromatic carbocycles. The summed E-state index contributed by atoms with van der Waals surface area (Å²) in [6.45, 7) is 15.2. The van der Waals surface area contributed by atoms with Crippen LogP contribution < -0.4 is 4.74 Å². The maximum atomic E-state index is 16.2. The van der Waals surface area contributed by atoms with Gasteiger partial charge in [-0.05, 0) is 139 Å². The summed E-state index contributed by atoms with van der Waals surface area (Å²) in [6, 6.07) is 21.5. The summed E-state index contributed by atoms with van der Waals surface area (Å²) in [4.78, 5) is 74.8. The molecule has 0 radical (unpaired) electrons. The van der Waals surface area contributed by atoms with Gasteiger partial charge in [0.1, 0.15) is 49.2 Å². The van der Waals surface area contributed by atoms with Gasteiger partial charge in [-0.1, -0.05) is 115 Å². The van der Waals surface area contributed by atoms with Crippen molar-refractivity contribution in [2.45, 2.75) is 131 Å². The number of halogens is 2. The van der Waals surface area contributed by atoms with E-state index in [0.717, 1.165) is 28.2 Å². The molecule has 1 fully saturated rings. The van der Waals surface area contributed by atoms with E-state index in [2.05, 4.69) is 32.2 Å². The zero-order valence-corrected chi connectivity index (χ0v) is 44.0.